The van der Waals surface area contributed by atoms with Crippen molar-refractivity contribution in [2.45, 2.75) is 118 Å². The van der Waals surface area contributed by atoms with Gasteiger partial charge in [0.05, 0.1) is 30.5 Å². The standard InChI is InChI=1S/C60H57N2O.C14H15FNSi.Ir/c1-34(2)43-29-48(35(3)4)57(49(30-43)36(5)6)41-25-22-39(23-26-41)44-31-50(37(7)8)58(51(32-44)38(9)10)62-55-21-14-13-20-54(55)61-60(62)47-19-15-18-46-53-28-42-27-24-40-16-11-12-17-45(40)52(42)33-56(53)63-59(46)47;1-17(2,3)13-8-9-14(16-10-13)11-4-6-12(15)7-5-11;/h11-18,20-38H,1-10H3;4,6-10H,1-3H3;/q2*-1;. The Hall–Kier alpha value is -7.28. The molecule has 0 aliphatic heterocycles. The Kier molecular flexibility index (Phi) is 16.1. The van der Waals surface area contributed by atoms with Gasteiger partial charge in [0.25, 0.3) is 0 Å². The van der Waals surface area contributed by atoms with Crippen LogP contribution in [0, 0.1) is 17.9 Å². The average molecular weight is 1260 g/mol. The Bertz CT molecular complexity index is 4200. The first kappa shape index (κ1) is 57.0. The van der Waals surface area contributed by atoms with E-state index in [9.17, 15) is 4.39 Å². The number of hydrogen-bond acceptors (Lipinski definition) is 3. The Balaban J connectivity index is 0.000000350. The molecule has 0 fully saturated rings. The van der Waals surface area contributed by atoms with Crippen molar-refractivity contribution in [1.29, 1.82) is 0 Å². The molecule has 0 saturated heterocycles. The van der Waals surface area contributed by atoms with Crippen molar-refractivity contribution in [3.8, 4) is 50.6 Å². The summed E-state index contributed by atoms with van der Waals surface area (Å²) in [5.41, 5.74) is 19.4. The zero-order valence-corrected chi connectivity index (χ0v) is 52.4. The predicted octanol–water partition coefficient (Wildman–Crippen LogP) is 20.9. The van der Waals surface area contributed by atoms with Crippen molar-refractivity contribution in [3.63, 3.8) is 0 Å². The molecule has 0 saturated carbocycles. The maximum absolute atomic E-state index is 12.8. The van der Waals surface area contributed by atoms with Gasteiger partial charge >= 0.3 is 0 Å². The Morgan fingerprint density at radius 3 is 1.80 bits per heavy atom. The molecule has 1 radical (unpaired) electrons. The van der Waals surface area contributed by atoms with Crippen LogP contribution in [-0.2, 0) is 20.1 Å². The van der Waals surface area contributed by atoms with Crippen LogP contribution in [-0.4, -0.2) is 22.6 Å². The van der Waals surface area contributed by atoms with E-state index < -0.39 is 8.07 Å². The molecule has 0 amide bonds. The minimum absolute atomic E-state index is 0. The molecule has 0 spiro atoms. The van der Waals surface area contributed by atoms with Crippen molar-refractivity contribution in [1.82, 2.24) is 14.5 Å². The van der Waals surface area contributed by atoms with E-state index >= 15 is 0 Å². The molecular formula is C74H72FIrN3OSi-2. The number of pyridine rings is 1. The number of imidazole rings is 1. The molecule has 3 heterocycles. The first-order valence-electron chi connectivity index (χ1n) is 28.6. The molecule has 0 bridgehead atoms. The summed E-state index contributed by atoms with van der Waals surface area (Å²) in [6.07, 6.45) is 1.93. The summed E-state index contributed by atoms with van der Waals surface area (Å²) >= 11 is 0. The molecule has 4 nitrogen and oxygen atoms in total. The smallest absolute Gasteiger partial charge is 0.121 e. The van der Waals surface area contributed by atoms with Crippen LogP contribution in [0.1, 0.15) is 127 Å². The van der Waals surface area contributed by atoms with Gasteiger partial charge in [-0.3, -0.25) is 9.37 Å². The quantitative estimate of drug-likeness (QED) is 0.0736. The van der Waals surface area contributed by atoms with Gasteiger partial charge in [-0.15, -0.1) is 48.0 Å². The summed E-state index contributed by atoms with van der Waals surface area (Å²) in [6, 6.07) is 64.5. The second-order valence-electron chi connectivity index (χ2n) is 24.3. The SMILES string of the molecule is CC(C)c1cc(C(C)C)c(-c2ccc(-c3cc(C(C)C)c(-n4c(-c5[c-]ccc6c5oc5cc7c(ccc8ccccc87)cc56)nc5ccccc54)c(C(C)C)c3)cc2)c(C(C)C)c1.C[Si](C)(C)c1ccc(-c2[c-]cc(F)cc2)nc1.[Ir]. The van der Waals surface area contributed by atoms with Gasteiger partial charge in [0.15, 0.2) is 0 Å². The molecule has 0 aliphatic rings. The molecule has 0 unspecified atom stereocenters. The fourth-order valence-electron chi connectivity index (χ4n) is 11.5. The van der Waals surface area contributed by atoms with E-state index in [-0.39, 0.29) is 37.8 Å². The number of furan rings is 1. The van der Waals surface area contributed by atoms with Crippen molar-refractivity contribution in [2.24, 2.45) is 0 Å². The van der Waals surface area contributed by atoms with Crippen LogP contribution in [0.15, 0.2) is 174 Å². The van der Waals surface area contributed by atoms with Crippen LogP contribution >= 0.6 is 0 Å². The first-order valence-corrected chi connectivity index (χ1v) is 32.1. The van der Waals surface area contributed by atoms with E-state index in [1.165, 1.54) is 94.6 Å². The normalized spacial score (nSPS) is 12.0. The van der Waals surface area contributed by atoms with E-state index in [4.69, 9.17) is 9.40 Å². The van der Waals surface area contributed by atoms with E-state index in [1.807, 2.05) is 18.3 Å². The summed E-state index contributed by atoms with van der Waals surface area (Å²) < 4.78 is 22.1. The van der Waals surface area contributed by atoms with E-state index in [1.54, 1.807) is 6.07 Å². The van der Waals surface area contributed by atoms with Crippen LogP contribution in [0.3, 0.4) is 0 Å². The molecule has 411 valence electrons. The van der Waals surface area contributed by atoms with Gasteiger partial charge in [0.1, 0.15) is 5.58 Å². The number of aromatic nitrogens is 3. The molecule has 12 aromatic rings. The molecular weight excluding hydrogens is 1190 g/mol. The van der Waals surface area contributed by atoms with Gasteiger partial charge in [0.2, 0.25) is 0 Å². The van der Waals surface area contributed by atoms with Crippen molar-refractivity contribution in [2.75, 3.05) is 0 Å². The van der Waals surface area contributed by atoms with Gasteiger partial charge in [-0.1, -0.05) is 197 Å². The zero-order valence-electron chi connectivity index (χ0n) is 49.0. The minimum Gasteiger partial charge on any atom is -0.501 e. The van der Waals surface area contributed by atoms with E-state index in [0.29, 0.717) is 17.8 Å². The number of rotatable bonds is 11. The van der Waals surface area contributed by atoms with Gasteiger partial charge in [-0.25, -0.2) is 0 Å². The number of nitrogens with zero attached hydrogens (tertiary/aromatic N) is 3. The molecule has 0 atom stereocenters. The van der Waals surface area contributed by atoms with Crippen LogP contribution < -0.4 is 5.19 Å². The van der Waals surface area contributed by atoms with Gasteiger partial charge in [-0.05, 0) is 148 Å². The maximum Gasteiger partial charge on any atom is 0.121 e. The number of benzene rings is 9. The molecule has 12 rings (SSSR count). The van der Waals surface area contributed by atoms with Gasteiger partial charge in [0, 0.05) is 43.2 Å². The second-order valence-corrected chi connectivity index (χ2v) is 29.4. The molecule has 0 N–H and O–H groups in total. The summed E-state index contributed by atoms with van der Waals surface area (Å²) in [5, 5.41) is 8.33. The fourth-order valence-corrected chi connectivity index (χ4v) is 12.5. The average Bonchev–Trinajstić information content (AvgIpc) is 3.23. The van der Waals surface area contributed by atoms with Crippen molar-refractivity contribution < 1.29 is 28.9 Å². The molecule has 81 heavy (non-hydrogen) atoms. The second kappa shape index (κ2) is 22.9. The number of fused-ring (bicyclic) bond motifs is 7. The van der Waals surface area contributed by atoms with E-state index in [2.05, 4.69) is 244 Å². The summed E-state index contributed by atoms with van der Waals surface area (Å²) in [5.74, 6) is 2.37. The third kappa shape index (κ3) is 11.0. The Labute approximate surface area is 492 Å². The third-order valence-corrected chi connectivity index (χ3v) is 18.1. The largest absolute Gasteiger partial charge is 0.501 e. The molecule has 3 aromatic heterocycles. The summed E-state index contributed by atoms with van der Waals surface area (Å²) in [6.45, 7) is 30.1. The predicted molar refractivity (Wildman–Crippen MR) is 340 cm³/mol. The fraction of sp³-hybridized carbons (Fsp3) is 0.243. The van der Waals surface area contributed by atoms with Crippen molar-refractivity contribution >= 4 is 67.8 Å². The van der Waals surface area contributed by atoms with Crippen LogP contribution in [0.2, 0.25) is 19.6 Å². The first-order chi connectivity index (χ1) is 38.3. The summed E-state index contributed by atoms with van der Waals surface area (Å²) in [7, 11) is -1.30. The molecule has 7 heteroatoms. The monoisotopic (exact) mass is 1260 g/mol. The zero-order chi connectivity index (χ0) is 56.3. The maximum atomic E-state index is 12.8. The number of para-hydroxylation sites is 2. The molecule has 0 aliphatic carbocycles. The van der Waals surface area contributed by atoms with Crippen LogP contribution in [0.5, 0.6) is 0 Å². The third-order valence-electron chi connectivity index (χ3n) is 16.0. The molecule has 9 aromatic carbocycles. The topological polar surface area (TPSA) is 43.9 Å². The van der Waals surface area contributed by atoms with Crippen LogP contribution in [0.4, 0.5) is 4.39 Å². The van der Waals surface area contributed by atoms with Crippen molar-refractivity contribution in [3.05, 3.63) is 216 Å². The minimum atomic E-state index is -1.30. The van der Waals surface area contributed by atoms with E-state index in [0.717, 1.165) is 55.6 Å². The van der Waals surface area contributed by atoms with Gasteiger partial charge < -0.3 is 14.0 Å². The van der Waals surface area contributed by atoms with Gasteiger partial charge in [-0.2, -0.15) is 0 Å². The Morgan fingerprint density at radius 2 is 1.19 bits per heavy atom. The number of halogens is 1. The van der Waals surface area contributed by atoms with Crippen LogP contribution in [0.25, 0.3) is 105 Å². The number of hydrogen-bond donors (Lipinski definition) is 0. The summed E-state index contributed by atoms with van der Waals surface area (Å²) in [4.78, 5) is 9.85. The Morgan fingerprint density at radius 1 is 0.543 bits per heavy atom.